The number of rotatable bonds is 8. The van der Waals surface area contributed by atoms with Gasteiger partial charge in [-0.05, 0) is 55.3 Å². The van der Waals surface area contributed by atoms with E-state index in [1.807, 2.05) is 13.8 Å². The Morgan fingerprint density at radius 3 is 2.45 bits per heavy atom. The second kappa shape index (κ2) is 10.8. The fourth-order valence-corrected chi connectivity index (χ4v) is 4.35. The van der Waals surface area contributed by atoms with Crippen LogP contribution in [-0.2, 0) is 9.53 Å². The summed E-state index contributed by atoms with van der Waals surface area (Å²) in [6.07, 6.45) is 3.00. The number of hydrogen-bond acceptors (Lipinski definition) is 6. The summed E-state index contributed by atoms with van der Waals surface area (Å²) in [5.74, 6) is -0.207. The van der Waals surface area contributed by atoms with E-state index < -0.39 is 11.9 Å². The third-order valence-electron chi connectivity index (χ3n) is 4.76. The van der Waals surface area contributed by atoms with E-state index in [1.54, 1.807) is 43.5 Å². The van der Waals surface area contributed by atoms with Gasteiger partial charge < -0.3 is 19.5 Å². The number of carbonyl (C=O) groups excluding carboxylic acids is 2. The van der Waals surface area contributed by atoms with Crippen molar-refractivity contribution in [2.75, 3.05) is 26.1 Å². The van der Waals surface area contributed by atoms with Crippen LogP contribution in [0.1, 0.15) is 27.7 Å². The Hall–Kier alpha value is -3.65. The number of halogens is 1. The zero-order chi connectivity index (χ0) is 24.0. The molecule has 33 heavy (non-hydrogen) atoms. The topological polar surface area (TPSA) is 73.9 Å². The van der Waals surface area contributed by atoms with Gasteiger partial charge in [0.15, 0.2) is 11.5 Å². The molecule has 0 aliphatic heterocycles. The number of methoxy groups -OCH3 is 2. The number of aryl methyl sites for hydroxylation is 1. The lowest BCUT2D eigenvalue weighted by atomic mass is 10.0. The van der Waals surface area contributed by atoms with E-state index >= 15 is 0 Å². The summed E-state index contributed by atoms with van der Waals surface area (Å²) in [5, 5.41) is 3.12. The van der Waals surface area contributed by atoms with E-state index in [4.69, 9.17) is 14.2 Å². The summed E-state index contributed by atoms with van der Waals surface area (Å²) >= 11 is 1.25. The normalized spacial score (nSPS) is 10.8. The molecule has 3 aromatic rings. The highest BCUT2D eigenvalue weighted by molar-refractivity contribution is 7.17. The van der Waals surface area contributed by atoms with Crippen molar-refractivity contribution >= 4 is 34.3 Å². The lowest BCUT2D eigenvalue weighted by Gasteiger charge is -2.09. The summed E-state index contributed by atoms with van der Waals surface area (Å²) in [7, 11) is 2.82. The molecule has 1 aromatic heterocycles. The molecule has 3 rings (SSSR count). The van der Waals surface area contributed by atoms with E-state index in [0.717, 1.165) is 10.4 Å². The first-order valence-corrected chi connectivity index (χ1v) is 11.0. The Kier molecular flexibility index (Phi) is 7.84. The molecule has 172 valence electrons. The summed E-state index contributed by atoms with van der Waals surface area (Å²) < 4.78 is 29.1. The molecule has 1 N–H and O–H groups in total. The molecular formula is C25H24FNO5S. The highest BCUT2D eigenvalue weighted by atomic mass is 32.1. The number of amides is 1. The monoisotopic (exact) mass is 469 g/mol. The van der Waals surface area contributed by atoms with Gasteiger partial charge in [-0.2, -0.15) is 0 Å². The molecular weight excluding hydrogens is 445 g/mol. The van der Waals surface area contributed by atoms with E-state index in [9.17, 15) is 14.0 Å². The largest absolute Gasteiger partial charge is 0.493 e. The first-order valence-electron chi connectivity index (χ1n) is 10.2. The van der Waals surface area contributed by atoms with Crippen LogP contribution in [0, 0.1) is 12.7 Å². The van der Waals surface area contributed by atoms with Gasteiger partial charge in [0.1, 0.15) is 16.4 Å². The number of anilines is 1. The van der Waals surface area contributed by atoms with Gasteiger partial charge in [-0.1, -0.05) is 18.2 Å². The Morgan fingerprint density at radius 2 is 1.82 bits per heavy atom. The summed E-state index contributed by atoms with van der Waals surface area (Å²) in [6.45, 7) is 4.22. The van der Waals surface area contributed by atoms with Crippen LogP contribution in [-0.4, -0.2) is 32.7 Å². The lowest BCUT2D eigenvalue weighted by molar-refractivity contribution is -0.111. The molecule has 0 saturated carbocycles. The van der Waals surface area contributed by atoms with Crippen molar-refractivity contribution < 1.29 is 28.2 Å². The van der Waals surface area contributed by atoms with Gasteiger partial charge >= 0.3 is 5.97 Å². The van der Waals surface area contributed by atoms with Gasteiger partial charge in [-0.3, -0.25) is 4.79 Å². The number of nitrogens with one attached hydrogen (secondary N) is 1. The van der Waals surface area contributed by atoms with Crippen LogP contribution in [0.3, 0.4) is 0 Å². The highest BCUT2D eigenvalue weighted by Gasteiger charge is 2.24. The third kappa shape index (κ3) is 5.59. The Labute approximate surface area is 195 Å². The molecule has 0 fully saturated rings. The average molecular weight is 470 g/mol. The van der Waals surface area contributed by atoms with Gasteiger partial charge in [-0.15, -0.1) is 11.3 Å². The molecule has 2 aromatic carbocycles. The average Bonchev–Trinajstić information content (AvgIpc) is 3.13. The summed E-state index contributed by atoms with van der Waals surface area (Å²) in [5.41, 5.74) is 2.23. The maximum Gasteiger partial charge on any atom is 0.341 e. The molecule has 0 unspecified atom stereocenters. The standard InChI is InChI=1S/C25H24FNO5S/c1-5-32-19-12-6-16(14-20(19)30-3)7-13-21(28)27-24-23(25(29)31-4)22(15(2)33-24)17-8-10-18(26)11-9-17/h6-14H,5H2,1-4H3,(H,27,28)/b13-7+. The van der Waals surface area contributed by atoms with Crippen LogP contribution in [0.2, 0.25) is 0 Å². The highest BCUT2D eigenvalue weighted by Crippen LogP contribution is 2.40. The number of hydrogen-bond donors (Lipinski definition) is 1. The Bertz CT molecular complexity index is 1180. The quantitative estimate of drug-likeness (QED) is 0.338. The molecule has 0 saturated heterocycles. The van der Waals surface area contributed by atoms with Crippen LogP contribution in [0.15, 0.2) is 48.5 Å². The molecule has 0 aliphatic carbocycles. The SMILES string of the molecule is CCOc1ccc(/C=C/C(=O)Nc2sc(C)c(-c3ccc(F)cc3)c2C(=O)OC)cc1OC. The van der Waals surface area contributed by atoms with Crippen molar-refractivity contribution in [2.24, 2.45) is 0 Å². The third-order valence-corrected chi connectivity index (χ3v) is 5.78. The minimum Gasteiger partial charge on any atom is -0.493 e. The maximum absolute atomic E-state index is 13.4. The van der Waals surface area contributed by atoms with Crippen LogP contribution in [0.25, 0.3) is 17.2 Å². The van der Waals surface area contributed by atoms with Crippen LogP contribution in [0.4, 0.5) is 9.39 Å². The summed E-state index contributed by atoms with van der Waals surface area (Å²) in [4.78, 5) is 26.0. The molecule has 0 aliphatic rings. The number of esters is 1. The minimum absolute atomic E-state index is 0.232. The smallest absolute Gasteiger partial charge is 0.341 e. The summed E-state index contributed by atoms with van der Waals surface area (Å²) in [6, 6.07) is 11.1. The second-order valence-electron chi connectivity index (χ2n) is 6.90. The molecule has 0 bridgehead atoms. The van der Waals surface area contributed by atoms with E-state index in [-0.39, 0.29) is 11.4 Å². The molecule has 6 nitrogen and oxygen atoms in total. The van der Waals surface area contributed by atoms with Crippen molar-refractivity contribution in [2.45, 2.75) is 13.8 Å². The Morgan fingerprint density at radius 1 is 1.09 bits per heavy atom. The van der Waals surface area contributed by atoms with Crippen molar-refractivity contribution in [3.63, 3.8) is 0 Å². The van der Waals surface area contributed by atoms with Gasteiger partial charge in [-0.25, -0.2) is 9.18 Å². The number of ether oxygens (including phenoxy) is 3. The molecule has 8 heteroatoms. The minimum atomic E-state index is -0.589. The molecule has 1 heterocycles. The maximum atomic E-state index is 13.4. The van der Waals surface area contributed by atoms with E-state index in [2.05, 4.69) is 5.32 Å². The lowest BCUT2D eigenvalue weighted by Crippen LogP contribution is -2.11. The predicted octanol–water partition coefficient (Wildman–Crippen LogP) is 5.71. The molecule has 0 radical (unpaired) electrons. The van der Waals surface area contributed by atoms with Gasteiger partial charge in [0.2, 0.25) is 5.91 Å². The van der Waals surface area contributed by atoms with Gasteiger partial charge in [0, 0.05) is 16.5 Å². The molecule has 0 atom stereocenters. The first kappa shape index (κ1) is 24.0. The fourth-order valence-electron chi connectivity index (χ4n) is 3.28. The second-order valence-corrected chi connectivity index (χ2v) is 8.13. The van der Waals surface area contributed by atoms with Crippen molar-refractivity contribution in [3.05, 3.63) is 70.4 Å². The van der Waals surface area contributed by atoms with Crippen LogP contribution < -0.4 is 14.8 Å². The van der Waals surface area contributed by atoms with E-state index in [1.165, 1.54) is 36.7 Å². The zero-order valence-corrected chi connectivity index (χ0v) is 19.5. The van der Waals surface area contributed by atoms with Gasteiger partial charge in [0.05, 0.1) is 20.8 Å². The predicted molar refractivity (Wildman–Crippen MR) is 128 cm³/mol. The van der Waals surface area contributed by atoms with Crippen molar-refractivity contribution in [1.82, 2.24) is 0 Å². The van der Waals surface area contributed by atoms with Crippen molar-refractivity contribution in [1.29, 1.82) is 0 Å². The number of thiophene rings is 1. The van der Waals surface area contributed by atoms with Gasteiger partial charge in [0.25, 0.3) is 0 Å². The molecule has 0 spiro atoms. The molecule has 1 amide bonds. The Balaban J connectivity index is 1.87. The van der Waals surface area contributed by atoms with E-state index in [0.29, 0.717) is 34.2 Å². The van der Waals surface area contributed by atoms with Crippen molar-refractivity contribution in [3.8, 4) is 22.6 Å². The first-order chi connectivity index (χ1) is 15.9. The number of carbonyl (C=O) groups is 2. The fraction of sp³-hybridized carbons (Fsp3) is 0.200. The van der Waals surface area contributed by atoms with Crippen LogP contribution in [0.5, 0.6) is 11.5 Å². The van der Waals surface area contributed by atoms with Crippen LogP contribution >= 0.6 is 11.3 Å². The zero-order valence-electron chi connectivity index (χ0n) is 18.7. The number of benzene rings is 2.